The van der Waals surface area contributed by atoms with E-state index in [1.54, 1.807) is 27.0 Å². The van der Waals surface area contributed by atoms with Crippen LogP contribution in [-0.2, 0) is 10.0 Å². The lowest BCUT2D eigenvalue weighted by Gasteiger charge is -2.16. The van der Waals surface area contributed by atoms with Gasteiger partial charge in [-0.3, -0.25) is 0 Å². The van der Waals surface area contributed by atoms with Crippen molar-refractivity contribution in [1.82, 2.24) is 3.97 Å². The van der Waals surface area contributed by atoms with Gasteiger partial charge in [-0.05, 0) is 26.0 Å². The number of fused-ring (bicyclic) bond motifs is 1. The molecular formula is C18H19ClN2O2S. The highest BCUT2D eigenvalue weighted by Gasteiger charge is 2.28. The number of nitrogens with one attached hydrogen (secondary N) is 1. The van der Waals surface area contributed by atoms with E-state index < -0.39 is 15.3 Å². The van der Waals surface area contributed by atoms with Gasteiger partial charge in [-0.1, -0.05) is 48.0 Å². The smallest absolute Gasteiger partial charge is 0.241 e. The summed E-state index contributed by atoms with van der Waals surface area (Å²) in [6, 6.07) is 14.7. The van der Waals surface area contributed by atoms with Crippen LogP contribution in [0.2, 0.25) is 5.02 Å². The van der Waals surface area contributed by atoms with Crippen molar-refractivity contribution in [2.24, 2.45) is 0 Å². The zero-order valence-electron chi connectivity index (χ0n) is 13.7. The van der Waals surface area contributed by atoms with Crippen LogP contribution >= 0.6 is 11.6 Å². The van der Waals surface area contributed by atoms with Crippen molar-refractivity contribution in [3.63, 3.8) is 0 Å². The standard InChI is InChI=1S/C18H19ClN2O2S/c1-12(2)24(22,23)21-16-11-7-5-9-14(16)17(20-3)18(21)13-8-4-6-10-15(13)19/h4-12,20H,1-3H3. The van der Waals surface area contributed by atoms with Crippen LogP contribution < -0.4 is 5.32 Å². The molecule has 0 atom stereocenters. The average Bonchev–Trinajstić information content (AvgIpc) is 2.89. The largest absolute Gasteiger partial charge is 0.386 e. The quantitative estimate of drug-likeness (QED) is 0.738. The summed E-state index contributed by atoms with van der Waals surface area (Å²) in [5.74, 6) is 0. The van der Waals surface area contributed by atoms with Gasteiger partial charge in [0.1, 0.15) is 0 Å². The van der Waals surface area contributed by atoms with E-state index in [-0.39, 0.29) is 0 Å². The van der Waals surface area contributed by atoms with Gasteiger partial charge < -0.3 is 5.32 Å². The molecule has 1 N–H and O–H groups in total. The molecule has 126 valence electrons. The lowest BCUT2D eigenvalue weighted by molar-refractivity contribution is 0.580. The second kappa shape index (κ2) is 6.15. The molecule has 0 bridgehead atoms. The summed E-state index contributed by atoms with van der Waals surface area (Å²) in [6.45, 7) is 3.36. The molecule has 24 heavy (non-hydrogen) atoms. The van der Waals surface area contributed by atoms with Crippen LogP contribution in [0.4, 0.5) is 5.69 Å². The van der Waals surface area contributed by atoms with Gasteiger partial charge in [-0.25, -0.2) is 12.4 Å². The fraction of sp³-hybridized carbons (Fsp3) is 0.222. The third kappa shape index (κ3) is 2.48. The fourth-order valence-corrected chi connectivity index (χ4v) is 4.36. The molecule has 0 aliphatic carbocycles. The Morgan fingerprint density at radius 1 is 1.04 bits per heavy atom. The summed E-state index contributed by atoms with van der Waals surface area (Å²) in [7, 11) is -1.78. The van der Waals surface area contributed by atoms with E-state index in [2.05, 4.69) is 5.32 Å². The van der Waals surface area contributed by atoms with Crippen LogP contribution in [0.5, 0.6) is 0 Å². The number of para-hydroxylation sites is 1. The van der Waals surface area contributed by atoms with Crippen molar-refractivity contribution < 1.29 is 8.42 Å². The van der Waals surface area contributed by atoms with Gasteiger partial charge in [0.2, 0.25) is 10.0 Å². The van der Waals surface area contributed by atoms with E-state index in [0.29, 0.717) is 21.8 Å². The molecule has 6 heteroatoms. The molecule has 4 nitrogen and oxygen atoms in total. The third-order valence-corrected chi connectivity index (χ3v) is 6.47. The lowest BCUT2D eigenvalue weighted by Crippen LogP contribution is -2.23. The predicted octanol–water partition coefficient (Wildman–Crippen LogP) is 4.59. The maximum absolute atomic E-state index is 13.1. The highest BCUT2D eigenvalue weighted by molar-refractivity contribution is 7.90. The number of hydrogen-bond acceptors (Lipinski definition) is 3. The van der Waals surface area contributed by atoms with E-state index in [1.807, 2.05) is 42.5 Å². The summed E-state index contributed by atoms with van der Waals surface area (Å²) in [4.78, 5) is 0. The van der Waals surface area contributed by atoms with Crippen molar-refractivity contribution in [2.45, 2.75) is 19.1 Å². The summed E-state index contributed by atoms with van der Waals surface area (Å²) in [5.41, 5.74) is 2.65. The fourth-order valence-electron chi connectivity index (χ4n) is 2.84. The maximum Gasteiger partial charge on any atom is 0.241 e. The van der Waals surface area contributed by atoms with Crippen LogP contribution in [0.1, 0.15) is 13.8 Å². The van der Waals surface area contributed by atoms with E-state index in [0.717, 1.165) is 11.1 Å². The number of nitrogens with zero attached hydrogens (tertiary/aromatic N) is 1. The molecule has 0 spiro atoms. The number of halogens is 1. The lowest BCUT2D eigenvalue weighted by atomic mass is 10.1. The molecule has 3 rings (SSSR count). The van der Waals surface area contributed by atoms with Crippen LogP contribution in [0, 0.1) is 0 Å². The molecule has 0 saturated heterocycles. The highest BCUT2D eigenvalue weighted by atomic mass is 35.5. The van der Waals surface area contributed by atoms with Crippen LogP contribution in [-0.4, -0.2) is 24.7 Å². The Morgan fingerprint density at radius 2 is 1.67 bits per heavy atom. The molecule has 0 aliphatic rings. The molecule has 0 amide bonds. The first-order chi connectivity index (χ1) is 11.4. The van der Waals surface area contributed by atoms with Gasteiger partial charge in [0.25, 0.3) is 0 Å². The molecule has 0 fully saturated rings. The topological polar surface area (TPSA) is 51.1 Å². The van der Waals surface area contributed by atoms with Crippen LogP contribution in [0.25, 0.3) is 22.2 Å². The van der Waals surface area contributed by atoms with Gasteiger partial charge in [0.15, 0.2) is 0 Å². The predicted molar refractivity (Wildman–Crippen MR) is 101 cm³/mol. The molecule has 1 aromatic heterocycles. The normalized spacial score (nSPS) is 12.0. The van der Waals surface area contributed by atoms with E-state index in [4.69, 9.17) is 11.6 Å². The summed E-state index contributed by atoms with van der Waals surface area (Å²) in [5, 5.41) is 3.95. The van der Waals surface area contributed by atoms with E-state index in [1.165, 1.54) is 3.97 Å². The number of aromatic nitrogens is 1. The molecule has 3 aromatic rings. The SMILES string of the molecule is CNc1c(-c2ccccc2Cl)n(S(=O)(=O)C(C)C)c2ccccc12. The average molecular weight is 363 g/mol. The second-order valence-electron chi connectivity index (χ2n) is 5.83. The molecule has 0 aliphatic heterocycles. The second-order valence-corrected chi connectivity index (χ2v) is 8.57. The van der Waals surface area contributed by atoms with Gasteiger partial charge in [0, 0.05) is 23.0 Å². The maximum atomic E-state index is 13.1. The Labute approximate surface area is 147 Å². The van der Waals surface area contributed by atoms with Crippen molar-refractivity contribution in [2.75, 3.05) is 12.4 Å². The molecule has 0 radical (unpaired) electrons. The van der Waals surface area contributed by atoms with E-state index >= 15 is 0 Å². The highest BCUT2D eigenvalue weighted by Crippen LogP contribution is 2.42. The van der Waals surface area contributed by atoms with Gasteiger partial charge in [0.05, 0.1) is 22.1 Å². The number of rotatable bonds is 4. The summed E-state index contributed by atoms with van der Waals surface area (Å²) >= 11 is 6.38. The Kier molecular flexibility index (Phi) is 4.32. The van der Waals surface area contributed by atoms with E-state index in [9.17, 15) is 8.42 Å². The Morgan fingerprint density at radius 3 is 2.29 bits per heavy atom. The van der Waals surface area contributed by atoms with Gasteiger partial charge in [-0.15, -0.1) is 0 Å². The first kappa shape index (κ1) is 16.9. The Balaban J connectivity index is 2.55. The van der Waals surface area contributed by atoms with Crippen LogP contribution in [0.3, 0.4) is 0 Å². The molecule has 0 unspecified atom stereocenters. The molecular weight excluding hydrogens is 344 g/mol. The zero-order chi connectivity index (χ0) is 17.5. The minimum absolute atomic E-state index is 0.511. The first-order valence-electron chi connectivity index (χ1n) is 7.70. The Bertz CT molecular complexity index is 1010. The third-order valence-electron chi connectivity index (χ3n) is 4.06. The van der Waals surface area contributed by atoms with Crippen molar-refractivity contribution >= 4 is 38.2 Å². The summed E-state index contributed by atoms with van der Waals surface area (Å²) in [6.07, 6.45) is 0. The molecule has 1 heterocycles. The number of anilines is 1. The number of hydrogen-bond donors (Lipinski definition) is 1. The zero-order valence-corrected chi connectivity index (χ0v) is 15.3. The van der Waals surface area contributed by atoms with Gasteiger partial charge in [-0.2, -0.15) is 0 Å². The summed E-state index contributed by atoms with van der Waals surface area (Å²) < 4.78 is 27.6. The van der Waals surface area contributed by atoms with Crippen molar-refractivity contribution in [1.29, 1.82) is 0 Å². The molecule has 2 aromatic carbocycles. The first-order valence-corrected chi connectivity index (χ1v) is 9.58. The minimum atomic E-state index is -3.57. The monoisotopic (exact) mass is 362 g/mol. The molecule has 0 saturated carbocycles. The van der Waals surface area contributed by atoms with Gasteiger partial charge >= 0.3 is 0 Å². The van der Waals surface area contributed by atoms with Crippen molar-refractivity contribution in [3.05, 3.63) is 53.6 Å². The van der Waals surface area contributed by atoms with Crippen molar-refractivity contribution in [3.8, 4) is 11.3 Å². The minimum Gasteiger partial charge on any atom is -0.386 e. The van der Waals surface area contributed by atoms with Crippen LogP contribution in [0.15, 0.2) is 48.5 Å². The number of benzene rings is 2. The Hall–Kier alpha value is -1.98.